The van der Waals surface area contributed by atoms with Gasteiger partial charge < -0.3 is 19.7 Å². The van der Waals surface area contributed by atoms with E-state index < -0.39 is 17.9 Å². The van der Waals surface area contributed by atoms with Gasteiger partial charge >= 0.3 is 6.18 Å². The first-order valence-electron chi connectivity index (χ1n) is 12.7. The molecule has 200 valence electrons. The molecule has 3 aromatic carbocycles. The Morgan fingerprint density at radius 2 is 1.68 bits per heavy atom. The number of phenols is 2. The van der Waals surface area contributed by atoms with E-state index in [4.69, 9.17) is 9.47 Å². The second kappa shape index (κ2) is 10.3. The maximum absolute atomic E-state index is 14.6. The number of hydrogen-bond acceptors (Lipinski definition) is 5. The Kier molecular flexibility index (Phi) is 7.01. The van der Waals surface area contributed by atoms with Crippen LogP contribution < -0.4 is 9.47 Å². The van der Waals surface area contributed by atoms with Gasteiger partial charge in [0.05, 0.1) is 5.57 Å². The summed E-state index contributed by atoms with van der Waals surface area (Å²) < 4.78 is 55.9. The minimum atomic E-state index is -4.73. The Balaban J connectivity index is 1.49. The van der Waals surface area contributed by atoms with Gasteiger partial charge in [-0.25, -0.2) is 0 Å². The molecule has 0 aromatic heterocycles. The van der Waals surface area contributed by atoms with Crippen LogP contribution in [-0.4, -0.2) is 47.0 Å². The Hall–Kier alpha value is -3.65. The van der Waals surface area contributed by atoms with Crippen LogP contribution in [0.1, 0.15) is 43.1 Å². The first-order chi connectivity index (χ1) is 18.1. The predicted molar refractivity (Wildman–Crippen MR) is 139 cm³/mol. The number of ether oxygens (including phenoxy) is 2. The quantitative estimate of drug-likeness (QED) is 0.370. The van der Waals surface area contributed by atoms with Crippen LogP contribution in [0.15, 0.2) is 66.7 Å². The molecule has 2 N–H and O–H groups in total. The first kappa shape index (κ1) is 26.0. The van der Waals surface area contributed by atoms with Crippen molar-refractivity contribution in [3.8, 4) is 23.0 Å². The van der Waals surface area contributed by atoms with E-state index in [1.54, 1.807) is 24.3 Å². The van der Waals surface area contributed by atoms with E-state index in [2.05, 4.69) is 18.7 Å². The van der Waals surface area contributed by atoms with Gasteiger partial charge in [0.15, 0.2) is 6.10 Å². The van der Waals surface area contributed by atoms with Gasteiger partial charge in [0.2, 0.25) is 0 Å². The molecular weight excluding hydrogens is 495 g/mol. The van der Waals surface area contributed by atoms with Crippen molar-refractivity contribution < 1.29 is 32.9 Å². The monoisotopic (exact) mass is 525 g/mol. The fourth-order valence-corrected chi connectivity index (χ4v) is 5.19. The molecule has 0 radical (unpaired) electrons. The van der Waals surface area contributed by atoms with E-state index >= 15 is 0 Å². The lowest BCUT2D eigenvalue weighted by molar-refractivity contribution is -0.0695. The zero-order chi connectivity index (χ0) is 27.0. The van der Waals surface area contributed by atoms with Crippen LogP contribution in [0.25, 0.3) is 11.1 Å². The maximum Gasteiger partial charge on any atom is 0.417 e. The van der Waals surface area contributed by atoms with Gasteiger partial charge in [-0.05, 0) is 79.4 Å². The van der Waals surface area contributed by atoms with Crippen molar-refractivity contribution >= 4 is 11.1 Å². The minimum absolute atomic E-state index is 0.0247. The highest BCUT2D eigenvalue weighted by Crippen LogP contribution is 2.53. The average molecular weight is 526 g/mol. The Labute approximate surface area is 219 Å². The van der Waals surface area contributed by atoms with Crippen molar-refractivity contribution in [1.29, 1.82) is 0 Å². The summed E-state index contributed by atoms with van der Waals surface area (Å²) in [6.45, 7) is 6.99. The topological polar surface area (TPSA) is 62.2 Å². The van der Waals surface area contributed by atoms with Gasteiger partial charge in [-0.3, -0.25) is 4.90 Å². The molecule has 0 amide bonds. The molecule has 0 saturated carbocycles. The molecule has 0 bridgehead atoms. The summed E-state index contributed by atoms with van der Waals surface area (Å²) >= 11 is 0. The third-order valence-electron chi connectivity index (χ3n) is 7.22. The van der Waals surface area contributed by atoms with Crippen molar-refractivity contribution in [3.05, 3.63) is 83.4 Å². The minimum Gasteiger partial charge on any atom is -0.508 e. The highest BCUT2D eigenvalue weighted by Gasteiger charge is 2.44. The van der Waals surface area contributed by atoms with E-state index in [0.29, 0.717) is 23.8 Å². The summed E-state index contributed by atoms with van der Waals surface area (Å²) in [5.41, 5.74) is -0.451. The molecule has 2 heterocycles. The summed E-state index contributed by atoms with van der Waals surface area (Å²) in [4.78, 5) is 2.40. The second-order valence-corrected chi connectivity index (χ2v) is 10.1. The van der Waals surface area contributed by atoms with E-state index in [-0.39, 0.29) is 40.0 Å². The number of alkyl halides is 3. The number of benzene rings is 3. The lowest BCUT2D eigenvalue weighted by Crippen LogP contribution is -2.35. The van der Waals surface area contributed by atoms with E-state index in [9.17, 15) is 23.4 Å². The van der Waals surface area contributed by atoms with Crippen molar-refractivity contribution in [2.75, 3.05) is 19.7 Å². The van der Waals surface area contributed by atoms with Crippen molar-refractivity contribution in [1.82, 2.24) is 4.90 Å². The number of aromatic hydroxyl groups is 2. The lowest BCUT2D eigenvalue weighted by atomic mass is 9.85. The van der Waals surface area contributed by atoms with Gasteiger partial charge in [0, 0.05) is 23.7 Å². The Morgan fingerprint density at radius 3 is 2.32 bits per heavy atom. The van der Waals surface area contributed by atoms with Crippen LogP contribution in [0.4, 0.5) is 13.2 Å². The second-order valence-electron chi connectivity index (χ2n) is 10.1. The average Bonchev–Trinajstić information content (AvgIpc) is 3.33. The molecule has 2 aliphatic rings. The lowest BCUT2D eigenvalue weighted by Gasteiger charge is -2.33. The molecule has 3 atom stereocenters. The number of phenolic OH excluding ortho intramolecular Hbond substituents is 2. The normalized spacial score (nSPS) is 20.7. The summed E-state index contributed by atoms with van der Waals surface area (Å²) in [5.74, 6) is 0.973. The molecule has 5 rings (SSSR count). The number of rotatable bonds is 6. The fourth-order valence-electron chi connectivity index (χ4n) is 5.19. The van der Waals surface area contributed by atoms with Gasteiger partial charge in [0.25, 0.3) is 0 Å². The predicted octanol–water partition coefficient (Wildman–Crippen LogP) is 6.81. The molecule has 2 aliphatic heterocycles. The van der Waals surface area contributed by atoms with Crippen LogP contribution in [0.5, 0.6) is 23.0 Å². The number of allylic oxidation sites excluding steroid dienone is 1. The third kappa shape index (κ3) is 5.31. The Morgan fingerprint density at radius 1 is 1.00 bits per heavy atom. The van der Waals surface area contributed by atoms with Crippen LogP contribution in [-0.2, 0) is 0 Å². The summed E-state index contributed by atoms with van der Waals surface area (Å²) in [6.07, 6.45) is -4.63. The summed E-state index contributed by atoms with van der Waals surface area (Å²) in [7, 11) is 0. The van der Waals surface area contributed by atoms with Gasteiger partial charge in [0.1, 0.15) is 29.6 Å². The third-order valence-corrected chi connectivity index (χ3v) is 7.22. The van der Waals surface area contributed by atoms with Crippen molar-refractivity contribution in [3.63, 3.8) is 0 Å². The van der Waals surface area contributed by atoms with Crippen LogP contribution in [0.2, 0.25) is 0 Å². The summed E-state index contributed by atoms with van der Waals surface area (Å²) in [5, 5.41) is 19.7. The molecular formula is C30H30F3NO4. The highest BCUT2D eigenvalue weighted by atomic mass is 19.4. The molecule has 38 heavy (non-hydrogen) atoms. The highest BCUT2D eigenvalue weighted by molar-refractivity contribution is 5.98. The molecule has 1 fully saturated rings. The van der Waals surface area contributed by atoms with E-state index in [1.165, 1.54) is 42.8 Å². The van der Waals surface area contributed by atoms with Crippen molar-refractivity contribution in [2.24, 2.45) is 5.92 Å². The SMILES string of the molecule is CC1CCN(C(C)COc2ccc(C3Oc4ccc(O)cc4C(C(F)(F)F)=C3c3ccc(O)cc3)cc2)C1. The number of fused-ring (bicyclic) bond motifs is 1. The van der Waals surface area contributed by atoms with E-state index in [0.717, 1.165) is 19.2 Å². The molecule has 1 saturated heterocycles. The number of likely N-dealkylation sites (tertiary alicyclic amines) is 1. The molecule has 0 aliphatic carbocycles. The van der Waals surface area contributed by atoms with Gasteiger partial charge in [-0.1, -0.05) is 31.2 Å². The zero-order valence-corrected chi connectivity index (χ0v) is 21.2. The van der Waals surface area contributed by atoms with Crippen LogP contribution in [0.3, 0.4) is 0 Å². The zero-order valence-electron chi connectivity index (χ0n) is 21.2. The maximum atomic E-state index is 14.6. The van der Waals surface area contributed by atoms with Crippen LogP contribution in [0, 0.1) is 5.92 Å². The Bertz CT molecular complexity index is 1320. The smallest absolute Gasteiger partial charge is 0.417 e. The molecule has 5 nitrogen and oxygen atoms in total. The molecule has 3 unspecified atom stereocenters. The fraction of sp³-hybridized carbons (Fsp3) is 0.333. The standard InChI is InChI=1S/C30H30F3NO4/c1-18-13-14-34(16-18)19(2)17-37-24-10-5-21(6-11-24)29-27(20-3-7-22(35)8-4-20)28(30(31,32)33)25-15-23(36)9-12-26(25)38-29/h3-12,15,18-19,29,35-36H,13-14,16-17H2,1-2H3. The van der Waals surface area contributed by atoms with E-state index in [1.807, 2.05) is 0 Å². The van der Waals surface area contributed by atoms with Crippen molar-refractivity contribution in [2.45, 2.75) is 38.6 Å². The number of halogens is 3. The first-order valence-corrected chi connectivity index (χ1v) is 12.7. The number of nitrogens with zero attached hydrogens (tertiary/aromatic N) is 1. The molecule has 0 spiro atoms. The number of hydrogen-bond donors (Lipinski definition) is 2. The van der Waals surface area contributed by atoms with Gasteiger partial charge in [-0.15, -0.1) is 0 Å². The van der Waals surface area contributed by atoms with Crippen LogP contribution >= 0.6 is 0 Å². The summed E-state index contributed by atoms with van der Waals surface area (Å²) in [6, 6.07) is 16.4. The van der Waals surface area contributed by atoms with Gasteiger partial charge in [-0.2, -0.15) is 13.2 Å². The molecule has 8 heteroatoms. The largest absolute Gasteiger partial charge is 0.508 e. The molecule has 3 aromatic rings.